The molecule has 18 heavy (non-hydrogen) atoms. The van der Waals surface area contributed by atoms with Crippen molar-refractivity contribution in [2.24, 2.45) is 0 Å². The fraction of sp³-hybridized carbons (Fsp3) is 0.500. The molecule has 0 aliphatic heterocycles. The Kier molecular flexibility index (Phi) is 5.56. The highest BCUT2D eigenvalue weighted by atomic mass is 35.5. The molecule has 102 valence electrons. The van der Waals surface area contributed by atoms with Crippen LogP contribution < -0.4 is 4.72 Å². The summed E-state index contributed by atoms with van der Waals surface area (Å²) in [6.07, 6.45) is 1.41. The summed E-state index contributed by atoms with van der Waals surface area (Å²) in [5.41, 5.74) is 0.395. The number of hydrogen-bond donors (Lipinski definition) is 1. The van der Waals surface area contributed by atoms with E-state index in [9.17, 15) is 12.8 Å². The van der Waals surface area contributed by atoms with Crippen molar-refractivity contribution in [2.45, 2.75) is 37.6 Å². The molecule has 1 atom stereocenters. The molecule has 0 aliphatic carbocycles. The van der Waals surface area contributed by atoms with Gasteiger partial charge in [0.05, 0.1) is 4.90 Å². The maximum Gasteiger partial charge on any atom is 0.241 e. The summed E-state index contributed by atoms with van der Waals surface area (Å²) < 4.78 is 39.6. The molecule has 1 aromatic rings. The lowest BCUT2D eigenvalue weighted by molar-refractivity contribution is 0.543. The molecule has 0 aromatic heterocycles. The van der Waals surface area contributed by atoms with Crippen molar-refractivity contribution in [3.8, 4) is 0 Å². The zero-order valence-corrected chi connectivity index (χ0v) is 12.0. The van der Waals surface area contributed by atoms with Gasteiger partial charge in [-0.05, 0) is 50.5 Å². The quantitative estimate of drug-likeness (QED) is 0.820. The standard InChI is InChI=1S/C12H17ClFNO2S/c1-9-8-11(14)5-6-12(9)18(16,17)15-10(2)4-3-7-13/h5-6,8,10,15H,3-4,7H2,1-2H3. The summed E-state index contributed by atoms with van der Waals surface area (Å²) in [6.45, 7) is 3.35. The fourth-order valence-corrected chi connectivity index (χ4v) is 3.34. The number of aryl methyl sites for hydroxylation is 1. The zero-order valence-electron chi connectivity index (χ0n) is 10.4. The third kappa shape index (κ3) is 4.23. The molecule has 6 heteroatoms. The van der Waals surface area contributed by atoms with Gasteiger partial charge in [0, 0.05) is 11.9 Å². The van der Waals surface area contributed by atoms with E-state index in [1.54, 1.807) is 13.8 Å². The van der Waals surface area contributed by atoms with Crippen molar-refractivity contribution in [1.29, 1.82) is 0 Å². The molecular weight excluding hydrogens is 277 g/mol. The van der Waals surface area contributed by atoms with Crippen molar-refractivity contribution in [3.05, 3.63) is 29.6 Å². The molecule has 0 bridgehead atoms. The third-order valence-electron chi connectivity index (χ3n) is 2.55. The molecule has 0 radical (unpaired) electrons. The lowest BCUT2D eigenvalue weighted by atomic mass is 10.2. The van der Waals surface area contributed by atoms with Gasteiger partial charge in [-0.2, -0.15) is 0 Å². The van der Waals surface area contributed by atoms with Gasteiger partial charge in [0.25, 0.3) is 0 Å². The van der Waals surface area contributed by atoms with Crippen LogP contribution >= 0.6 is 11.6 Å². The van der Waals surface area contributed by atoms with E-state index in [0.29, 0.717) is 17.9 Å². The third-order valence-corrected chi connectivity index (χ3v) is 4.57. The van der Waals surface area contributed by atoms with Crippen LogP contribution in [0.25, 0.3) is 0 Å². The van der Waals surface area contributed by atoms with Crippen LogP contribution in [0.5, 0.6) is 0 Å². The van der Waals surface area contributed by atoms with Crippen molar-refractivity contribution in [3.63, 3.8) is 0 Å². The largest absolute Gasteiger partial charge is 0.241 e. The maximum absolute atomic E-state index is 12.9. The second-order valence-electron chi connectivity index (χ2n) is 4.26. The number of benzene rings is 1. The fourth-order valence-electron chi connectivity index (χ4n) is 1.68. The number of sulfonamides is 1. The van der Waals surface area contributed by atoms with Crippen molar-refractivity contribution in [2.75, 3.05) is 5.88 Å². The SMILES string of the molecule is Cc1cc(F)ccc1S(=O)(=O)NC(C)CCCCl. The second kappa shape index (κ2) is 6.50. The van der Waals surface area contributed by atoms with E-state index in [4.69, 9.17) is 11.6 Å². The number of nitrogens with one attached hydrogen (secondary N) is 1. The molecule has 0 aliphatic rings. The zero-order chi connectivity index (χ0) is 13.8. The van der Waals surface area contributed by atoms with Gasteiger partial charge in [0.15, 0.2) is 0 Å². The van der Waals surface area contributed by atoms with E-state index in [2.05, 4.69) is 4.72 Å². The minimum Gasteiger partial charge on any atom is -0.208 e. The molecule has 0 heterocycles. The molecule has 3 nitrogen and oxygen atoms in total. The monoisotopic (exact) mass is 293 g/mol. The van der Waals surface area contributed by atoms with Crippen LogP contribution in [0.2, 0.25) is 0 Å². The molecule has 1 N–H and O–H groups in total. The molecule has 1 aromatic carbocycles. The molecule has 1 unspecified atom stereocenters. The van der Waals surface area contributed by atoms with Crippen LogP contribution in [-0.4, -0.2) is 20.3 Å². The van der Waals surface area contributed by atoms with Gasteiger partial charge in [-0.25, -0.2) is 17.5 Å². The summed E-state index contributed by atoms with van der Waals surface area (Å²) in [6, 6.07) is 3.43. The lowest BCUT2D eigenvalue weighted by Crippen LogP contribution is -2.33. The molecule has 0 saturated heterocycles. The number of alkyl halides is 1. The topological polar surface area (TPSA) is 46.2 Å². The van der Waals surface area contributed by atoms with E-state index in [1.165, 1.54) is 12.1 Å². The van der Waals surface area contributed by atoms with Crippen LogP contribution in [0.3, 0.4) is 0 Å². The van der Waals surface area contributed by atoms with Crippen molar-refractivity contribution < 1.29 is 12.8 Å². The Bertz CT molecular complexity index is 505. The maximum atomic E-state index is 12.9. The first-order chi connectivity index (χ1) is 8.36. The average molecular weight is 294 g/mol. The summed E-state index contributed by atoms with van der Waals surface area (Å²) in [5, 5.41) is 0. The van der Waals surface area contributed by atoms with E-state index in [0.717, 1.165) is 12.5 Å². The van der Waals surface area contributed by atoms with Crippen LogP contribution in [0, 0.1) is 12.7 Å². The van der Waals surface area contributed by atoms with Gasteiger partial charge in [-0.3, -0.25) is 0 Å². The highest BCUT2D eigenvalue weighted by molar-refractivity contribution is 7.89. The molecule has 0 amide bonds. The minimum absolute atomic E-state index is 0.113. The highest BCUT2D eigenvalue weighted by Gasteiger charge is 2.19. The van der Waals surface area contributed by atoms with E-state index >= 15 is 0 Å². The van der Waals surface area contributed by atoms with E-state index in [-0.39, 0.29) is 10.9 Å². The van der Waals surface area contributed by atoms with E-state index < -0.39 is 15.8 Å². The average Bonchev–Trinajstić information content (AvgIpc) is 2.25. The van der Waals surface area contributed by atoms with E-state index in [1.807, 2.05) is 0 Å². The predicted octanol–water partition coefficient (Wildman–Crippen LogP) is 2.82. The Morgan fingerprint density at radius 2 is 2.11 bits per heavy atom. The Balaban J connectivity index is 2.86. The summed E-state index contributed by atoms with van der Waals surface area (Å²) in [7, 11) is -3.60. The van der Waals surface area contributed by atoms with Gasteiger partial charge < -0.3 is 0 Å². The Morgan fingerprint density at radius 3 is 2.67 bits per heavy atom. The van der Waals surface area contributed by atoms with Gasteiger partial charge >= 0.3 is 0 Å². The van der Waals surface area contributed by atoms with Crippen LogP contribution in [0.15, 0.2) is 23.1 Å². The Labute approximate surface area is 112 Å². The molecular formula is C12H17ClFNO2S. The molecule has 0 fully saturated rings. The molecule has 1 rings (SSSR count). The van der Waals surface area contributed by atoms with Crippen LogP contribution in [-0.2, 0) is 10.0 Å². The predicted molar refractivity (Wildman–Crippen MR) is 70.9 cm³/mol. The summed E-state index contributed by atoms with van der Waals surface area (Å²) in [5.74, 6) is 0.0587. The van der Waals surface area contributed by atoms with Gasteiger partial charge in [-0.1, -0.05) is 0 Å². The first kappa shape index (κ1) is 15.4. The van der Waals surface area contributed by atoms with Crippen LogP contribution in [0.1, 0.15) is 25.3 Å². The molecule has 0 spiro atoms. The number of hydrogen-bond acceptors (Lipinski definition) is 2. The van der Waals surface area contributed by atoms with Gasteiger partial charge in [0.2, 0.25) is 10.0 Å². The lowest BCUT2D eigenvalue weighted by Gasteiger charge is -2.14. The first-order valence-electron chi connectivity index (χ1n) is 5.71. The summed E-state index contributed by atoms with van der Waals surface area (Å²) in [4.78, 5) is 0.113. The molecule has 0 saturated carbocycles. The number of halogens is 2. The Hall–Kier alpha value is -0.650. The smallest absolute Gasteiger partial charge is 0.208 e. The van der Waals surface area contributed by atoms with Gasteiger partial charge in [0.1, 0.15) is 5.82 Å². The van der Waals surface area contributed by atoms with Crippen molar-refractivity contribution in [1.82, 2.24) is 4.72 Å². The minimum atomic E-state index is -3.60. The highest BCUT2D eigenvalue weighted by Crippen LogP contribution is 2.16. The van der Waals surface area contributed by atoms with Crippen LogP contribution in [0.4, 0.5) is 4.39 Å². The van der Waals surface area contributed by atoms with Gasteiger partial charge in [-0.15, -0.1) is 11.6 Å². The summed E-state index contributed by atoms with van der Waals surface area (Å²) >= 11 is 5.56. The normalized spacial score (nSPS) is 13.6. The van der Waals surface area contributed by atoms with Crippen molar-refractivity contribution >= 4 is 21.6 Å². The Morgan fingerprint density at radius 1 is 1.44 bits per heavy atom. The second-order valence-corrected chi connectivity index (χ2v) is 6.32. The number of rotatable bonds is 6. The first-order valence-corrected chi connectivity index (χ1v) is 7.73.